The Morgan fingerprint density at radius 3 is 2.48 bits per heavy atom. The Bertz CT molecular complexity index is 820. The molecule has 2 aromatic rings. The highest BCUT2D eigenvalue weighted by Gasteiger charge is 2.49. The van der Waals surface area contributed by atoms with Crippen molar-refractivity contribution in [2.24, 2.45) is 0 Å². The van der Waals surface area contributed by atoms with E-state index in [-0.39, 0.29) is 5.78 Å². The summed E-state index contributed by atoms with van der Waals surface area (Å²) < 4.78 is 5.08. The van der Waals surface area contributed by atoms with Gasteiger partial charge in [0.05, 0.1) is 12.1 Å². The molecular weight excluding hydrogens is 336 g/mol. The number of Topliss-reactive ketones (excluding diaryl/α,β-unsaturated/α-hetero) is 1. The van der Waals surface area contributed by atoms with E-state index in [1.807, 2.05) is 25.1 Å². The Morgan fingerprint density at radius 1 is 1.15 bits per heavy atom. The molecule has 0 spiro atoms. The molecule has 3 saturated carbocycles. The lowest BCUT2D eigenvalue weighted by Gasteiger charge is -2.47. The van der Waals surface area contributed by atoms with E-state index in [2.05, 4.69) is 22.2 Å². The van der Waals surface area contributed by atoms with Crippen LogP contribution in [0.1, 0.15) is 78.2 Å². The van der Waals surface area contributed by atoms with E-state index in [4.69, 9.17) is 4.52 Å². The number of hydrogen-bond acceptors (Lipinski definition) is 4. The second kappa shape index (κ2) is 6.90. The third-order valence-electron chi connectivity index (χ3n) is 6.79. The molecule has 4 heteroatoms. The summed E-state index contributed by atoms with van der Waals surface area (Å²) in [6.07, 6.45) is 9.90. The van der Waals surface area contributed by atoms with Crippen LogP contribution in [-0.4, -0.2) is 34.0 Å². The van der Waals surface area contributed by atoms with Gasteiger partial charge in [-0.15, -0.1) is 0 Å². The minimum atomic E-state index is 0.122. The fraction of sp³-hybridized carbons (Fsp3) is 0.565. The van der Waals surface area contributed by atoms with Gasteiger partial charge in [0, 0.05) is 35.7 Å². The molecule has 1 aromatic carbocycles. The summed E-state index contributed by atoms with van der Waals surface area (Å²) in [4.78, 5) is 15.5. The van der Waals surface area contributed by atoms with Gasteiger partial charge in [-0.05, 0) is 50.7 Å². The Kier molecular flexibility index (Phi) is 4.39. The normalized spacial score (nSPS) is 25.3. The van der Waals surface area contributed by atoms with Crippen LogP contribution < -0.4 is 0 Å². The number of carbonyl (C=O) groups excluding carboxylic acids is 1. The van der Waals surface area contributed by atoms with E-state index in [0.29, 0.717) is 24.1 Å². The molecule has 0 N–H and O–H groups in total. The van der Waals surface area contributed by atoms with Crippen LogP contribution in [0.5, 0.6) is 0 Å². The van der Waals surface area contributed by atoms with Crippen molar-refractivity contribution in [1.29, 1.82) is 0 Å². The van der Waals surface area contributed by atoms with Gasteiger partial charge in [0.25, 0.3) is 0 Å². The van der Waals surface area contributed by atoms with Gasteiger partial charge in [-0.1, -0.05) is 36.2 Å². The van der Waals surface area contributed by atoms with Gasteiger partial charge < -0.3 is 4.52 Å². The zero-order valence-electron chi connectivity index (χ0n) is 16.1. The van der Waals surface area contributed by atoms with Crippen LogP contribution in [0.15, 0.2) is 34.9 Å². The van der Waals surface area contributed by atoms with Gasteiger partial charge in [-0.2, -0.15) is 0 Å². The van der Waals surface area contributed by atoms with Crippen molar-refractivity contribution in [3.05, 3.63) is 52.9 Å². The molecule has 27 heavy (non-hydrogen) atoms. The zero-order valence-corrected chi connectivity index (χ0v) is 16.1. The third kappa shape index (κ3) is 3.36. The SMILES string of the molecule is Cc1cc(CC(=O)c2cccc(C3CC3N(C3CCC3)C3CCC3)c2)no1. The summed E-state index contributed by atoms with van der Waals surface area (Å²) in [6, 6.07) is 12.5. The first-order valence-electron chi connectivity index (χ1n) is 10.5. The van der Waals surface area contributed by atoms with Gasteiger partial charge in [0.2, 0.25) is 0 Å². The highest BCUT2D eigenvalue weighted by molar-refractivity contribution is 5.97. The fourth-order valence-electron chi connectivity index (χ4n) is 4.79. The molecule has 142 valence electrons. The first-order chi connectivity index (χ1) is 13.2. The summed E-state index contributed by atoms with van der Waals surface area (Å²) in [7, 11) is 0. The zero-order chi connectivity index (χ0) is 18.4. The van der Waals surface area contributed by atoms with Crippen LogP contribution in [0.3, 0.4) is 0 Å². The Balaban J connectivity index is 1.28. The number of carbonyl (C=O) groups is 1. The van der Waals surface area contributed by atoms with Gasteiger partial charge in [-0.3, -0.25) is 9.69 Å². The Morgan fingerprint density at radius 2 is 1.89 bits per heavy atom. The second-order valence-corrected chi connectivity index (χ2v) is 8.68. The van der Waals surface area contributed by atoms with Crippen molar-refractivity contribution in [2.45, 2.75) is 82.3 Å². The molecular formula is C23H28N2O2. The van der Waals surface area contributed by atoms with E-state index in [9.17, 15) is 4.79 Å². The molecule has 2 atom stereocenters. The van der Waals surface area contributed by atoms with E-state index in [0.717, 1.165) is 23.4 Å². The average molecular weight is 364 g/mol. The highest BCUT2D eigenvalue weighted by atomic mass is 16.5. The first kappa shape index (κ1) is 17.2. The van der Waals surface area contributed by atoms with Gasteiger partial charge in [0.15, 0.2) is 5.78 Å². The molecule has 3 aliphatic carbocycles. The number of ketones is 1. The van der Waals surface area contributed by atoms with Crippen molar-refractivity contribution in [3.63, 3.8) is 0 Å². The van der Waals surface area contributed by atoms with Crippen LogP contribution in [-0.2, 0) is 6.42 Å². The molecule has 1 aromatic heterocycles. The van der Waals surface area contributed by atoms with Crippen molar-refractivity contribution in [1.82, 2.24) is 10.1 Å². The van der Waals surface area contributed by atoms with Gasteiger partial charge in [0.1, 0.15) is 5.76 Å². The predicted molar refractivity (Wildman–Crippen MR) is 104 cm³/mol. The van der Waals surface area contributed by atoms with E-state index in [1.165, 1.54) is 50.5 Å². The molecule has 0 amide bonds. The fourth-order valence-corrected chi connectivity index (χ4v) is 4.79. The van der Waals surface area contributed by atoms with Crippen molar-refractivity contribution >= 4 is 5.78 Å². The number of aromatic nitrogens is 1. The number of benzene rings is 1. The lowest BCUT2D eigenvalue weighted by Crippen LogP contribution is -2.51. The lowest BCUT2D eigenvalue weighted by molar-refractivity contribution is 0.0311. The lowest BCUT2D eigenvalue weighted by atomic mass is 9.84. The van der Waals surface area contributed by atoms with Crippen LogP contribution in [0.25, 0.3) is 0 Å². The quantitative estimate of drug-likeness (QED) is 0.670. The Labute approximate surface area is 160 Å². The standard InChI is InChI=1S/C23H28N2O2/c1-15-11-18(24-27-15)13-23(26)17-6-2-5-16(12-17)21-14-22(21)25(19-7-3-8-19)20-9-4-10-20/h2,5-6,11-12,19-22H,3-4,7-10,13-14H2,1H3. The highest BCUT2D eigenvalue weighted by Crippen LogP contribution is 2.50. The summed E-state index contributed by atoms with van der Waals surface area (Å²) in [6.45, 7) is 1.85. The monoisotopic (exact) mass is 364 g/mol. The number of hydrogen-bond donors (Lipinski definition) is 0. The van der Waals surface area contributed by atoms with E-state index < -0.39 is 0 Å². The van der Waals surface area contributed by atoms with E-state index >= 15 is 0 Å². The molecule has 3 fully saturated rings. The molecule has 2 unspecified atom stereocenters. The van der Waals surface area contributed by atoms with Crippen LogP contribution in [0, 0.1) is 6.92 Å². The minimum Gasteiger partial charge on any atom is -0.361 e. The van der Waals surface area contributed by atoms with Crippen molar-refractivity contribution < 1.29 is 9.32 Å². The molecule has 5 rings (SSSR count). The smallest absolute Gasteiger partial charge is 0.168 e. The molecule has 4 nitrogen and oxygen atoms in total. The minimum absolute atomic E-state index is 0.122. The van der Waals surface area contributed by atoms with Crippen molar-refractivity contribution in [3.8, 4) is 0 Å². The van der Waals surface area contributed by atoms with Crippen LogP contribution in [0.2, 0.25) is 0 Å². The number of aryl methyl sites for hydroxylation is 1. The average Bonchev–Trinajstić information content (AvgIpc) is 3.27. The molecule has 0 radical (unpaired) electrons. The maximum atomic E-state index is 12.7. The summed E-state index contributed by atoms with van der Waals surface area (Å²) in [5.74, 6) is 1.48. The van der Waals surface area contributed by atoms with Crippen molar-refractivity contribution in [2.75, 3.05) is 0 Å². The molecule has 3 aliphatic rings. The Hall–Kier alpha value is -1.94. The molecule has 0 bridgehead atoms. The van der Waals surface area contributed by atoms with Crippen LogP contribution in [0.4, 0.5) is 0 Å². The third-order valence-corrected chi connectivity index (χ3v) is 6.79. The maximum absolute atomic E-state index is 12.7. The molecule has 1 heterocycles. The molecule has 0 aliphatic heterocycles. The second-order valence-electron chi connectivity index (χ2n) is 8.68. The number of nitrogens with zero attached hydrogens (tertiary/aromatic N) is 2. The van der Waals surface area contributed by atoms with Crippen LogP contribution >= 0.6 is 0 Å². The first-order valence-corrected chi connectivity index (χ1v) is 10.5. The van der Waals surface area contributed by atoms with Gasteiger partial charge >= 0.3 is 0 Å². The largest absolute Gasteiger partial charge is 0.361 e. The summed E-state index contributed by atoms with van der Waals surface area (Å²) in [5.41, 5.74) is 2.86. The summed E-state index contributed by atoms with van der Waals surface area (Å²) in [5, 5.41) is 3.95. The predicted octanol–water partition coefficient (Wildman–Crippen LogP) is 4.67. The maximum Gasteiger partial charge on any atom is 0.168 e. The number of rotatable bonds is 7. The molecule has 0 saturated heterocycles. The van der Waals surface area contributed by atoms with E-state index in [1.54, 1.807) is 0 Å². The topological polar surface area (TPSA) is 46.3 Å². The van der Waals surface area contributed by atoms with Gasteiger partial charge in [-0.25, -0.2) is 0 Å². The summed E-state index contributed by atoms with van der Waals surface area (Å²) >= 11 is 0.